The molecule has 196 valence electrons. The maximum absolute atomic E-state index is 13.7. The third-order valence-corrected chi connectivity index (χ3v) is 5.55. The number of anilines is 1. The van der Waals surface area contributed by atoms with Crippen molar-refractivity contribution < 1.29 is 23.9 Å². The Labute approximate surface area is 221 Å². The van der Waals surface area contributed by atoms with Crippen molar-refractivity contribution in [3.63, 3.8) is 0 Å². The van der Waals surface area contributed by atoms with E-state index in [-0.39, 0.29) is 0 Å². The topological polar surface area (TPSA) is 131 Å². The van der Waals surface area contributed by atoms with Gasteiger partial charge in [-0.15, -0.1) is 0 Å². The number of nitrogens with one attached hydrogen (secondary N) is 2. The smallest absolute Gasteiger partial charge is 0.408 e. The summed E-state index contributed by atoms with van der Waals surface area (Å²) in [6, 6.07) is 11.4. The van der Waals surface area contributed by atoms with Crippen molar-refractivity contribution >= 4 is 41.1 Å². The monoisotopic (exact) mass is 526 g/mol. The van der Waals surface area contributed by atoms with E-state index in [1.54, 1.807) is 77.1 Å². The lowest BCUT2D eigenvalue weighted by atomic mass is 9.98. The van der Waals surface area contributed by atoms with E-state index in [9.17, 15) is 19.2 Å². The maximum atomic E-state index is 13.7. The van der Waals surface area contributed by atoms with Gasteiger partial charge in [-0.2, -0.15) is 0 Å². The first-order chi connectivity index (χ1) is 17.2. The van der Waals surface area contributed by atoms with Crippen LogP contribution < -0.4 is 16.4 Å². The highest BCUT2D eigenvalue weighted by molar-refractivity contribution is 6.34. The van der Waals surface area contributed by atoms with Crippen molar-refractivity contribution in [2.45, 2.75) is 58.7 Å². The molecule has 0 fully saturated rings. The molecule has 0 spiro atoms. The first-order valence-electron chi connectivity index (χ1n) is 11.4. The molecule has 2 aromatic carbocycles. The number of nitrogens with zero attached hydrogens (tertiary/aromatic N) is 1. The van der Waals surface area contributed by atoms with Crippen LogP contribution in [0, 0.1) is 26.3 Å². The number of alkyl carbamates (subject to hydrolysis) is 1. The predicted octanol–water partition coefficient (Wildman–Crippen LogP) is 3.82. The number of para-hydroxylation sites is 1. The molecule has 2 atom stereocenters. The third kappa shape index (κ3) is 7.98. The lowest BCUT2D eigenvalue weighted by molar-refractivity contribution is -0.138. The van der Waals surface area contributed by atoms with Gasteiger partial charge in [0.1, 0.15) is 17.7 Å². The van der Waals surface area contributed by atoms with Crippen molar-refractivity contribution in [2.75, 3.05) is 5.32 Å². The van der Waals surface area contributed by atoms with E-state index in [2.05, 4.69) is 16.7 Å². The van der Waals surface area contributed by atoms with Crippen LogP contribution in [-0.2, 0) is 19.1 Å². The molecule has 0 aliphatic carbocycles. The van der Waals surface area contributed by atoms with Crippen molar-refractivity contribution in [3.8, 4) is 12.5 Å². The number of hydrogen-bond acceptors (Lipinski definition) is 5. The minimum atomic E-state index is -1.48. The molecule has 0 heterocycles. The summed E-state index contributed by atoms with van der Waals surface area (Å²) in [5.41, 5.74) is 6.64. The van der Waals surface area contributed by atoms with E-state index in [1.165, 1.54) is 0 Å². The molecular formula is C27H31ClN4O5. The summed E-state index contributed by atoms with van der Waals surface area (Å²) in [4.78, 5) is 52.3. The van der Waals surface area contributed by atoms with Gasteiger partial charge in [-0.1, -0.05) is 54.4 Å². The van der Waals surface area contributed by atoms with E-state index >= 15 is 0 Å². The third-order valence-electron chi connectivity index (χ3n) is 5.23. The molecular weight excluding hydrogens is 496 g/mol. The second-order valence-electron chi connectivity index (χ2n) is 9.39. The second-order valence-corrected chi connectivity index (χ2v) is 9.79. The van der Waals surface area contributed by atoms with E-state index in [0.717, 1.165) is 4.90 Å². The van der Waals surface area contributed by atoms with Gasteiger partial charge in [-0.3, -0.25) is 19.3 Å². The Morgan fingerprint density at radius 3 is 2.24 bits per heavy atom. The Morgan fingerprint density at radius 2 is 1.70 bits per heavy atom. The van der Waals surface area contributed by atoms with Gasteiger partial charge in [0, 0.05) is 6.04 Å². The zero-order chi connectivity index (χ0) is 27.9. The molecule has 4 amide bonds. The largest absolute Gasteiger partial charge is 0.444 e. The summed E-state index contributed by atoms with van der Waals surface area (Å²) in [6.07, 6.45) is 4.22. The normalized spacial score (nSPS) is 12.5. The molecule has 2 rings (SSSR count). The van der Waals surface area contributed by atoms with Gasteiger partial charge in [-0.05, 0) is 57.4 Å². The average Bonchev–Trinajstić information content (AvgIpc) is 2.78. The van der Waals surface area contributed by atoms with Gasteiger partial charge >= 0.3 is 6.09 Å². The molecule has 2 aromatic rings. The number of aryl methyl sites for hydroxylation is 2. The van der Waals surface area contributed by atoms with Crippen LogP contribution in [0.25, 0.3) is 0 Å². The number of amides is 4. The molecule has 0 saturated carbocycles. The highest BCUT2D eigenvalue weighted by atomic mass is 35.5. The number of carbonyl (C=O) groups is 4. The number of carbonyl (C=O) groups excluding carboxylic acids is 4. The van der Waals surface area contributed by atoms with Crippen LogP contribution >= 0.6 is 11.6 Å². The van der Waals surface area contributed by atoms with E-state index in [0.29, 0.717) is 27.4 Å². The summed E-state index contributed by atoms with van der Waals surface area (Å²) in [7, 11) is 0. The highest BCUT2D eigenvalue weighted by Gasteiger charge is 2.37. The molecule has 0 radical (unpaired) electrons. The molecule has 37 heavy (non-hydrogen) atoms. The van der Waals surface area contributed by atoms with E-state index in [1.807, 2.05) is 0 Å². The van der Waals surface area contributed by atoms with Crippen molar-refractivity contribution in [3.05, 3.63) is 64.2 Å². The summed E-state index contributed by atoms with van der Waals surface area (Å²) in [5.74, 6) is -2.41. The van der Waals surface area contributed by atoms with Gasteiger partial charge in [0.05, 0.1) is 17.1 Å². The molecule has 0 aromatic heterocycles. The molecule has 9 nitrogen and oxygen atoms in total. The molecule has 10 heteroatoms. The number of halogens is 1. The van der Waals surface area contributed by atoms with Gasteiger partial charge in [-0.25, -0.2) is 4.79 Å². The minimum absolute atomic E-state index is 0.300. The quantitative estimate of drug-likeness (QED) is 0.355. The van der Waals surface area contributed by atoms with Gasteiger partial charge in [0.25, 0.3) is 11.8 Å². The minimum Gasteiger partial charge on any atom is -0.444 e. The highest BCUT2D eigenvalue weighted by Crippen LogP contribution is 2.30. The fraction of sp³-hybridized carbons (Fsp3) is 0.333. The van der Waals surface area contributed by atoms with Crippen LogP contribution in [0.4, 0.5) is 10.5 Å². The number of terminal acetylenes is 1. The Kier molecular flexibility index (Phi) is 9.69. The van der Waals surface area contributed by atoms with Crippen LogP contribution in [0.2, 0.25) is 5.02 Å². The lowest BCUT2D eigenvalue weighted by Crippen LogP contribution is -2.52. The van der Waals surface area contributed by atoms with Crippen LogP contribution in [0.15, 0.2) is 42.5 Å². The van der Waals surface area contributed by atoms with Crippen LogP contribution in [0.5, 0.6) is 0 Å². The van der Waals surface area contributed by atoms with E-state index in [4.69, 9.17) is 28.5 Å². The number of hydrogen-bond donors (Lipinski definition) is 3. The fourth-order valence-electron chi connectivity index (χ4n) is 3.56. The number of ether oxygens (including phenoxy) is 1. The van der Waals surface area contributed by atoms with Crippen molar-refractivity contribution in [1.82, 2.24) is 10.2 Å². The summed E-state index contributed by atoms with van der Waals surface area (Å²) in [6.45, 7) is 8.44. The van der Waals surface area contributed by atoms with Gasteiger partial charge < -0.3 is 21.1 Å². The number of rotatable bonds is 8. The Hall–Kier alpha value is -4.03. The summed E-state index contributed by atoms with van der Waals surface area (Å²) >= 11 is 6.30. The Bertz CT molecular complexity index is 1210. The molecule has 0 aliphatic rings. The number of nitrogens with two attached hydrogens (primary N) is 1. The second kappa shape index (κ2) is 12.3. The standard InChI is InChI=1S/C27H31ClN4O5/c1-7-32(25(35)20(15-21(29)33)30-26(36)37-27(4,5)6)23(18-13-9-8-11-16(18)2)24(34)31-22-17(3)12-10-14-19(22)28/h1,8-14,20,23H,15H2,2-6H3,(H2,29,33)(H,30,36)(H,31,34). The van der Waals surface area contributed by atoms with Crippen molar-refractivity contribution in [1.29, 1.82) is 0 Å². The lowest BCUT2D eigenvalue weighted by Gasteiger charge is -2.31. The summed E-state index contributed by atoms with van der Waals surface area (Å²) < 4.78 is 5.21. The molecule has 2 unspecified atom stereocenters. The summed E-state index contributed by atoms with van der Waals surface area (Å²) in [5, 5.41) is 5.41. The zero-order valence-corrected chi connectivity index (χ0v) is 22.2. The molecule has 0 bridgehead atoms. The maximum Gasteiger partial charge on any atom is 0.408 e. The Balaban J connectivity index is 2.53. The first-order valence-corrected chi connectivity index (χ1v) is 11.8. The van der Waals surface area contributed by atoms with Gasteiger partial charge in [0.2, 0.25) is 5.91 Å². The van der Waals surface area contributed by atoms with Crippen LogP contribution in [0.3, 0.4) is 0 Å². The fourth-order valence-corrected chi connectivity index (χ4v) is 3.83. The zero-order valence-electron chi connectivity index (χ0n) is 21.4. The first kappa shape index (κ1) is 29.2. The van der Waals surface area contributed by atoms with Crippen LogP contribution in [-0.4, -0.2) is 40.4 Å². The predicted molar refractivity (Wildman–Crippen MR) is 141 cm³/mol. The van der Waals surface area contributed by atoms with E-state index < -0.39 is 47.9 Å². The van der Waals surface area contributed by atoms with Crippen molar-refractivity contribution in [2.24, 2.45) is 5.73 Å². The SMILES string of the molecule is C#CN(C(=O)C(CC(N)=O)NC(=O)OC(C)(C)C)C(C(=O)Nc1c(C)cccc1Cl)c1ccccc1C. The molecule has 4 N–H and O–H groups in total. The number of benzene rings is 2. The van der Waals surface area contributed by atoms with Gasteiger partial charge in [0.15, 0.2) is 0 Å². The molecule has 0 saturated heterocycles. The molecule has 0 aliphatic heterocycles. The van der Waals surface area contributed by atoms with Crippen LogP contribution in [0.1, 0.15) is 49.9 Å². The average molecular weight is 527 g/mol. The Morgan fingerprint density at radius 1 is 1.08 bits per heavy atom. The number of primary amides is 1.